The number of nitrogen functional groups attached to an aromatic ring is 1. The Labute approximate surface area is 99.9 Å². The van der Waals surface area contributed by atoms with Gasteiger partial charge in [-0.25, -0.2) is 0 Å². The normalized spacial score (nSPS) is 10.4. The van der Waals surface area contributed by atoms with Gasteiger partial charge in [-0.05, 0) is 28.1 Å². The molecular weight excluding hydrogens is 276 g/mol. The van der Waals surface area contributed by atoms with Crippen molar-refractivity contribution in [2.24, 2.45) is 0 Å². The van der Waals surface area contributed by atoms with Gasteiger partial charge in [-0.15, -0.1) is 0 Å². The van der Waals surface area contributed by atoms with Crippen LogP contribution in [0.4, 0.5) is 5.88 Å². The van der Waals surface area contributed by atoms with Crippen LogP contribution in [0.25, 0.3) is 11.1 Å². The molecule has 2 aromatic rings. The highest BCUT2D eigenvalue weighted by Crippen LogP contribution is 2.43. The Kier molecular flexibility index (Phi) is 2.74. The van der Waals surface area contributed by atoms with Gasteiger partial charge in [0.1, 0.15) is 0 Å². The molecule has 1 heterocycles. The average molecular weight is 285 g/mol. The lowest BCUT2D eigenvalue weighted by Crippen LogP contribution is -1.89. The second-order valence-electron chi connectivity index (χ2n) is 3.08. The van der Waals surface area contributed by atoms with Crippen LogP contribution in [0.15, 0.2) is 27.3 Å². The molecule has 2 rings (SSSR count). The summed E-state index contributed by atoms with van der Waals surface area (Å²) >= 11 is 3.27. The monoisotopic (exact) mass is 284 g/mol. The van der Waals surface area contributed by atoms with Gasteiger partial charge in [-0.3, -0.25) is 0 Å². The highest BCUT2D eigenvalue weighted by atomic mass is 79.9. The molecule has 3 N–H and O–H groups in total. The lowest BCUT2D eigenvalue weighted by atomic mass is 10.1. The van der Waals surface area contributed by atoms with E-state index in [1.165, 1.54) is 13.3 Å². The Balaban J connectivity index is 2.63. The number of aromatic hydroxyl groups is 1. The van der Waals surface area contributed by atoms with Crippen molar-refractivity contribution in [3.05, 3.63) is 22.8 Å². The Bertz CT molecular complexity index is 525. The van der Waals surface area contributed by atoms with Crippen molar-refractivity contribution in [2.45, 2.75) is 0 Å². The number of rotatable bonds is 2. The number of ether oxygens (including phenoxy) is 1. The van der Waals surface area contributed by atoms with Crippen molar-refractivity contribution in [2.75, 3.05) is 12.8 Å². The van der Waals surface area contributed by atoms with Gasteiger partial charge in [0.25, 0.3) is 0 Å². The first-order chi connectivity index (χ1) is 7.65. The molecule has 0 aliphatic carbocycles. The maximum Gasteiger partial charge on any atom is 0.230 e. The number of phenols is 1. The number of nitrogens with zero attached hydrogens (tertiary/aromatic N) is 1. The summed E-state index contributed by atoms with van der Waals surface area (Å²) in [4.78, 5) is 0. The first kappa shape index (κ1) is 10.8. The molecule has 0 aliphatic heterocycles. The van der Waals surface area contributed by atoms with E-state index in [4.69, 9.17) is 15.0 Å². The third kappa shape index (κ3) is 1.61. The quantitative estimate of drug-likeness (QED) is 0.885. The van der Waals surface area contributed by atoms with Crippen molar-refractivity contribution >= 4 is 21.8 Å². The minimum absolute atomic E-state index is 0.00762. The van der Waals surface area contributed by atoms with Gasteiger partial charge < -0.3 is 20.1 Å². The summed E-state index contributed by atoms with van der Waals surface area (Å²) in [5.74, 6) is 0.490. The van der Waals surface area contributed by atoms with Crippen LogP contribution in [0.1, 0.15) is 0 Å². The predicted molar refractivity (Wildman–Crippen MR) is 62.3 cm³/mol. The highest BCUT2D eigenvalue weighted by molar-refractivity contribution is 9.10. The van der Waals surface area contributed by atoms with Gasteiger partial charge >= 0.3 is 0 Å². The molecule has 16 heavy (non-hydrogen) atoms. The SMILES string of the molecule is COc1c(Br)ccc(-c2cnoc2N)c1O. The lowest BCUT2D eigenvalue weighted by molar-refractivity contribution is 0.372. The molecule has 0 radical (unpaired) electrons. The molecule has 6 heteroatoms. The van der Waals surface area contributed by atoms with Crippen LogP contribution < -0.4 is 10.5 Å². The first-order valence-corrected chi connectivity index (χ1v) is 5.20. The van der Waals surface area contributed by atoms with Gasteiger partial charge in [0.05, 0.1) is 23.3 Å². The number of aromatic nitrogens is 1. The van der Waals surface area contributed by atoms with Crippen LogP contribution >= 0.6 is 15.9 Å². The Hall–Kier alpha value is -1.69. The minimum atomic E-state index is -0.00762. The van der Waals surface area contributed by atoms with Gasteiger partial charge in [-0.2, -0.15) is 0 Å². The second kappa shape index (κ2) is 4.05. The third-order valence-corrected chi connectivity index (χ3v) is 2.80. The van der Waals surface area contributed by atoms with E-state index in [0.29, 0.717) is 21.3 Å². The van der Waals surface area contributed by atoms with Crippen LogP contribution in [-0.2, 0) is 0 Å². The maximum atomic E-state index is 9.99. The highest BCUT2D eigenvalue weighted by Gasteiger charge is 2.16. The fourth-order valence-corrected chi connectivity index (χ4v) is 1.89. The lowest BCUT2D eigenvalue weighted by Gasteiger charge is -2.09. The zero-order chi connectivity index (χ0) is 11.7. The summed E-state index contributed by atoms with van der Waals surface area (Å²) in [5.41, 5.74) is 6.62. The number of benzene rings is 1. The molecule has 1 aromatic carbocycles. The van der Waals surface area contributed by atoms with Gasteiger partial charge in [0, 0.05) is 5.56 Å². The van der Waals surface area contributed by atoms with Crippen molar-refractivity contribution in [3.8, 4) is 22.6 Å². The molecule has 0 fully saturated rings. The van der Waals surface area contributed by atoms with E-state index in [-0.39, 0.29) is 11.6 Å². The first-order valence-electron chi connectivity index (χ1n) is 4.41. The van der Waals surface area contributed by atoms with E-state index >= 15 is 0 Å². The largest absolute Gasteiger partial charge is 0.504 e. The number of hydrogen-bond donors (Lipinski definition) is 2. The van der Waals surface area contributed by atoms with Gasteiger partial charge in [0.15, 0.2) is 11.5 Å². The van der Waals surface area contributed by atoms with Crippen LogP contribution in [0.3, 0.4) is 0 Å². The Morgan fingerprint density at radius 2 is 2.19 bits per heavy atom. The molecule has 0 spiro atoms. The van der Waals surface area contributed by atoms with Gasteiger partial charge in [0.2, 0.25) is 5.88 Å². The third-order valence-electron chi connectivity index (χ3n) is 2.18. The fourth-order valence-electron chi connectivity index (χ4n) is 1.41. The molecule has 5 nitrogen and oxygen atoms in total. The van der Waals surface area contributed by atoms with Crippen molar-refractivity contribution in [3.63, 3.8) is 0 Å². The number of phenolic OH excluding ortho intramolecular Hbond substituents is 1. The van der Waals surface area contributed by atoms with E-state index < -0.39 is 0 Å². The standard InChI is InChI=1S/C10H9BrN2O3/c1-15-9-7(11)3-2-5(8(9)14)6-4-13-16-10(6)12/h2-4,14H,12H2,1H3. The fraction of sp³-hybridized carbons (Fsp3) is 0.100. The average Bonchev–Trinajstić information content (AvgIpc) is 2.66. The Morgan fingerprint density at radius 1 is 1.44 bits per heavy atom. The summed E-state index contributed by atoms with van der Waals surface area (Å²) < 4.78 is 10.5. The van der Waals surface area contributed by atoms with Crippen LogP contribution in [-0.4, -0.2) is 17.4 Å². The number of methoxy groups -OCH3 is 1. The summed E-state index contributed by atoms with van der Waals surface area (Å²) in [6, 6.07) is 3.45. The topological polar surface area (TPSA) is 81.5 Å². The van der Waals surface area contributed by atoms with Crippen LogP contribution in [0.2, 0.25) is 0 Å². The molecule has 0 bridgehead atoms. The molecule has 0 aliphatic rings. The number of anilines is 1. The van der Waals surface area contributed by atoms with Crippen molar-refractivity contribution < 1.29 is 14.4 Å². The van der Waals surface area contributed by atoms with Crippen molar-refractivity contribution in [1.29, 1.82) is 0 Å². The van der Waals surface area contributed by atoms with E-state index in [9.17, 15) is 5.11 Å². The van der Waals surface area contributed by atoms with E-state index in [1.807, 2.05) is 0 Å². The van der Waals surface area contributed by atoms with Crippen molar-refractivity contribution in [1.82, 2.24) is 5.16 Å². The minimum Gasteiger partial charge on any atom is -0.504 e. The molecule has 1 aromatic heterocycles. The zero-order valence-electron chi connectivity index (χ0n) is 8.40. The number of halogens is 1. The van der Waals surface area contributed by atoms with E-state index in [1.54, 1.807) is 12.1 Å². The summed E-state index contributed by atoms with van der Waals surface area (Å²) in [6.07, 6.45) is 1.44. The smallest absolute Gasteiger partial charge is 0.230 e. The predicted octanol–water partition coefficient (Wildman–Crippen LogP) is 2.40. The summed E-state index contributed by atoms with van der Waals surface area (Å²) in [6.45, 7) is 0. The molecule has 0 amide bonds. The number of nitrogens with two attached hydrogens (primary N) is 1. The second-order valence-corrected chi connectivity index (χ2v) is 3.93. The summed E-state index contributed by atoms with van der Waals surface area (Å²) in [5, 5.41) is 13.5. The molecule has 0 saturated carbocycles. The maximum absolute atomic E-state index is 9.99. The van der Waals surface area contributed by atoms with Gasteiger partial charge in [-0.1, -0.05) is 5.16 Å². The molecular formula is C10H9BrN2O3. The molecule has 0 saturated heterocycles. The van der Waals surface area contributed by atoms with E-state index in [2.05, 4.69) is 21.1 Å². The zero-order valence-corrected chi connectivity index (χ0v) is 9.98. The molecule has 0 unspecified atom stereocenters. The van der Waals surface area contributed by atoms with Crippen LogP contribution in [0, 0.1) is 0 Å². The van der Waals surface area contributed by atoms with Crippen LogP contribution in [0.5, 0.6) is 11.5 Å². The Morgan fingerprint density at radius 3 is 2.75 bits per heavy atom. The number of hydrogen-bond acceptors (Lipinski definition) is 5. The molecule has 0 atom stereocenters. The summed E-state index contributed by atoms with van der Waals surface area (Å²) in [7, 11) is 1.47. The van der Waals surface area contributed by atoms with E-state index in [0.717, 1.165) is 0 Å². The molecule has 84 valence electrons.